The molecule has 0 saturated carbocycles. The molecule has 17 heavy (non-hydrogen) atoms. The summed E-state index contributed by atoms with van der Waals surface area (Å²) in [6.45, 7) is 4.54. The highest BCUT2D eigenvalue weighted by Crippen LogP contribution is 2.25. The van der Waals surface area contributed by atoms with Crippen LogP contribution < -0.4 is 10.6 Å². The SMILES string of the molecule is CC1(C(=O)NCCc2nccs2)CCCNC1. The summed E-state index contributed by atoms with van der Waals surface area (Å²) in [7, 11) is 0. The van der Waals surface area contributed by atoms with Gasteiger partial charge in [-0.1, -0.05) is 0 Å². The maximum absolute atomic E-state index is 12.1. The van der Waals surface area contributed by atoms with Crippen molar-refractivity contribution in [2.75, 3.05) is 19.6 Å². The van der Waals surface area contributed by atoms with Gasteiger partial charge in [0.1, 0.15) is 0 Å². The van der Waals surface area contributed by atoms with Gasteiger partial charge in [-0.3, -0.25) is 4.79 Å². The number of hydrogen-bond acceptors (Lipinski definition) is 4. The van der Waals surface area contributed by atoms with E-state index in [1.807, 2.05) is 12.3 Å². The van der Waals surface area contributed by atoms with E-state index < -0.39 is 0 Å². The first-order valence-corrected chi connectivity index (χ1v) is 6.96. The van der Waals surface area contributed by atoms with Crippen LogP contribution in [0.3, 0.4) is 0 Å². The molecule has 2 rings (SSSR count). The van der Waals surface area contributed by atoms with Crippen LogP contribution in [0, 0.1) is 5.41 Å². The van der Waals surface area contributed by atoms with E-state index in [0.717, 1.165) is 37.4 Å². The smallest absolute Gasteiger partial charge is 0.227 e. The van der Waals surface area contributed by atoms with E-state index in [4.69, 9.17) is 0 Å². The van der Waals surface area contributed by atoms with Gasteiger partial charge in [0.25, 0.3) is 0 Å². The van der Waals surface area contributed by atoms with Crippen molar-refractivity contribution in [1.82, 2.24) is 15.6 Å². The average molecular weight is 253 g/mol. The molecule has 1 aromatic heterocycles. The number of nitrogens with one attached hydrogen (secondary N) is 2. The van der Waals surface area contributed by atoms with Crippen molar-refractivity contribution in [2.45, 2.75) is 26.2 Å². The van der Waals surface area contributed by atoms with Gasteiger partial charge in [0, 0.05) is 31.1 Å². The minimum absolute atomic E-state index is 0.168. The predicted octanol–water partition coefficient (Wildman–Crippen LogP) is 1.19. The number of aromatic nitrogens is 1. The number of thiazole rings is 1. The van der Waals surface area contributed by atoms with E-state index in [1.165, 1.54) is 0 Å². The van der Waals surface area contributed by atoms with Crippen LogP contribution in [-0.4, -0.2) is 30.5 Å². The van der Waals surface area contributed by atoms with Crippen LogP contribution in [-0.2, 0) is 11.2 Å². The zero-order valence-electron chi connectivity index (χ0n) is 10.2. The number of rotatable bonds is 4. The summed E-state index contributed by atoms with van der Waals surface area (Å²) in [5.74, 6) is 0.168. The number of amides is 1. The number of hydrogen-bond donors (Lipinski definition) is 2. The Hall–Kier alpha value is -0.940. The van der Waals surface area contributed by atoms with Gasteiger partial charge in [-0.15, -0.1) is 11.3 Å². The third-order valence-electron chi connectivity index (χ3n) is 3.25. The van der Waals surface area contributed by atoms with E-state index in [-0.39, 0.29) is 11.3 Å². The molecule has 1 fully saturated rings. The van der Waals surface area contributed by atoms with Crippen molar-refractivity contribution in [3.63, 3.8) is 0 Å². The first kappa shape index (κ1) is 12.5. The molecular weight excluding hydrogens is 234 g/mol. The minimum atomic E-state index is -0.235. The fraction of sp³-hybridized carbons (Fsp3) is 0.667. The van der Waals surface area contributed by atoms with E-state index in [1.54, 1.807) is 17.5 Å². The Balaban J connectivity index is 1.76. The van der Waals surface area contributed by atoms with Crippen molar-refractivity contribution in [3.8, 4) is 0 Å². The highest BCUT2D eigenvalue weighted by Gasteiger charge is 2.34. The van der Waals surface area contributed by atoms with Crippen molar-refractivity contribution >= 4 is 17.2 Å². The van der Waals surface area contributed by atoms with E-state index >= 15 is 0 Å². The van der Waals surface area contributed by atoms with Crippen molar-refractivity contribution in [1.29, 1.82) is 0 Å². The van der Waals surface area contributed by atoms with Crippen molar-refractivity contribution in [2.24, 2.45) is 5.41 Å². The molecule has 0 spiro atoms. The highest BCUT2D eigenvalue weighted by molar-refractivity contribution is 7.09. The predicted molar refractivity (Wildman–Crippen MR) is 69.0 cm³/mol. The molecule has 0 aliphatic carbocycles. The second-order valence-corrected chi connectivity index (χ2v) is 5.75. The fourth-order valence-corrected chi connectivity index (χ4v) is 2.74. The third kappa shape index (κ3) is 3.26. The number of carbonyl (C=O) groups is 1. The van der Waals surface area contributed by atoms with Crippen molar-refractivity contribution < 1.29 is 4.79 Å². The number of nitrogens with zero attached hydrogens (tertiary/aromatic N) is 1. The molecule has 1 saturated heterocycles. The molecule has 4 nitrogen and oxygen atoms in total. The second-order valence-electron chi connectivity index (χ2n) is 4.77. The zero-order chi connectivity index (χ0) is 12.1. The molecule has 2 N–H and O–H groups in total. The molecular formula is C12H19N3OS. The largest absolute Gasteiger partial charge is 0.355 e. The summed E-state index contributed by atoms with van der Waals surface area (Å²) in [4.78, 5) is 16.3. The summed E-state index contributed by atoms with van der Waals surface area (Å²) >= 11 is 1.63. The Labute approximate surface area is 106 Å². The molecule has 94 valence electrons. The van der Waals surface area contributed by atoms with Gasteiger partial charge in [0.2, 0.25) is 5.91 Å². The maximum atomic E-state index is 12.1. The lowest BCUT2D eigenvalue weighted by atomic mass is 9.82. The quantitative estimate of drug-likeness (QED) is 0.847. The number of carbonyl (C=O) groups excluding carboxylic acids is 1. The summed E-state index contributed by atoms with van der Waals surface area (Å²) in [5.41, 5.74) is -0.235. The van der Waals surface area contributed by atoms with Crippen LogP contribution >= 0.6 is 11.3 Å². The molecule has 1 unspecified atom stereocenters. The Morgan fingerprint density at radius 3 is 3.24 bits per heavy atom. The van der Waals surface area contributed by atoms with Gasteiger partial charge >= 0.3 is 0 Å². The van der Waals surface area contributed by atoms with Crippen LogP contribution in [0.25, 0.3) is 0 Å². The fourth-order valence-electron chi connectivity index (χ4n) is 2.12. The molecule has 1 aliphatic rings. The highest BCUT2D eigenvalue weighted by atomic mass is 32.1. The van der Waals surface area contributed by atoms with Gasteiger partial charge < -0.3 is 10.6 Å². The average Bonchev–Trinajstić information content (AvgIpc) is 2.83. The summed E-state index contributed by atoms with van der Waals surface area (Å²) < 4.78 is 0. The normalized spacial score (nSPS) is 24.5. The van der Waals surface area contributed by atoms with Crippen LogP contribution in [0.2, 0.25) is 0 Å². The first-order valence-electron chi connectivity index (χ1n) is 6.08. The van der Waals surface area contributed by atoms with Crippen molar-refractivity contribution in [3.05, 3.63) is 16.6 Å². The lowest BCUT2D eigenvalue weighted by Gasteiger charge is -2.32. The maximum Gasteiger partial charge on any atom is 0.227 e. The molecule has 0 bridgehead atoms. The van der Waals surface area contributed by atoms with Crippen LogP contribution in [0.4, 0.5) is 0 Å². The standard InChI is InChI=1S/C12H19N3OS/c1-12(4-2-5-13-9-12)11(16)15-6-3-10-14-7-8-17-10/h7-8,13H,2-6,9H2,1H3,(H,15,16). The van der Waals surface area contributed by atoms with Gasteiger partial charge in [0.05, 0.1) is 10.4 Å². The minimum Gasteiger partial charge on any atom is -0.355 e. The van der Waals surface area contributed by atoms with Crippen LogP contribution in [0.1, 0.15) is 24.8 Å². The second kappa shape index (κ2) is 5.60. The molecule has 1 aliphatic heterocycles. The van der Waals surface area contributed by atoms with Gasteiger partial charge in [-0.25, -0.2) is 4.98 Å². The molecule has 0 aromatic carbocycles. The van der Waals surface area contributed by atoms with Gasteiger partial charge in [-0.2, -0.15) is 0 Å². The lowest BCUT2D eigenvalue weighted by Crippen LogP contribution is -2.49. The summed E-state index contributed by atoms with van der Waals surface area (Å²) in [5, 5.41) is 9.35. The molecule has 0 radical (unpaired) electrons. The first-order chi connectivity index (χ1) is 8.21. The molecule has 1 atom stereocenters. The third-order valence-corrected chi connectivity index (χ3v) is 4.09. The van der Waals surface area contributed by atoms with Crippen LogP contribution in [0.15, 0.2) is 11.6 Å². The van der Waals surface area contributed by atoms with Crippen LogP contribution in [0.5, 0.6) is 0 Å². The Morgan fingerprint density at radius 1 is 1.71 bits per heavy atom. The van der Waals surface area contributed by atoms with Gasteiger partial charge in [-0.05, 0) is 26.3 Å². The lowest BCUT2D eigenvalue weighted by molar-refractivity contribution is -0.131. The van der Waals surface area contributed by atoms with E-state index in [0.29, 0.717) is 6.54 Å². The molecule has 1 aromatic rings. The Kier molecular flexibility index (Phi) is 4.12. The topological polar surface area (TPSA) is 54.0 Å². The molecule has 5 heteroatoms. The number of piperidine rings is 1. The monoisotopic (exact) mass is 253 g/mol. The molecule has 1 amide bonds. The zero-order valence-corrected chi connectivity index (χ0v) is 11.0. The van der Waals surface area contributed by atoms with E-state index in [2.05, 4.69) is 15.6 Å². The molecule has 2 heterocycles. The summed E-state index contributed by atoms with van der Waals surface area (Å²) in [6.07, 6.45) is 4.68. The Bertz CT molecular complexity index is 358. The summed E-state index contributed by atoms with van der Waals surface area (Å²) in [6, 6.07) is 0. The van der Waals surface area contributed by atoms with Gasteiger partial charge in [0.15, 0.2) is 0 Å². The van der Waals surface area contributed by atoms with E-state index in [9.17, 15) is 4.79 Å². The Morgan fingerprint density at radius 2 is 2.59 bits per heavy atom.